The smallest absolute Gasteiger partial charge is 0.295 e. The van der Waals surface area contributed by atoms with E-state index in [0.29, 0.717) is 40.3 Å². The van der Waals surface area contributed by atoms with Crippen molar-refractivity contribution in [2.75, 3.05) is 18.6 Å². The number of carbonyl (C=O) groups excluding carboxylic acids is 1. The Bertz CT molecular complexity index is 1400. The van der Waals surface area contributed by atoms with E-state index in [4.69, 9.17) is 13.9 Å². The largest absolute Gasteiger partial charge is 0.497 e. The first-order chi connectivity index (χ1) is 16.0. The maximum Gasteiger partial charge on any atom is 0.295 e. The Morgan fingerprint density at radius 1 is 0.939 bits per heavy atom. The SMILES string of the molecule is CCOc1ccc(N2C(=O)c3oc4ccc(C)cc4c(=O)c3C2c2ccc(OC)cc2)cc1. The minimum atomic E-state index is -0.627. The summed E-state index contributed by atoms with van der Waals surface area (Å²) in [6.07, 6.45) is 0. The van der Waals surface area contributed by atoms with Gasteiger partial charge in [0.1, 0.15) is 17.1 Å². The summed E-state index contributed by atoms with van der Waals surface area (Å²) in [7, 11) is 1.60. The van der Waals surface area contributed by atoms with E-state index in [1.54, 1.807) is 24.1 Å². The van der Waals surface area contributed by atoms with E-state index in [1.807, 2.05) is 68.4 Å². The van der Waals surface area contributed by atoms with Gasteiger partial charge >= 0.3 is 0 Å². The van der Waals surface area contributed by atoms with Gasteiger partial charge in [0.15, 0.2) is 5.43 Å². The normalized spacial score (nSPS) is 15.1. The number of amides is 1. The van der Waals surface area contributed by atoms with Gasteiger partial charge in [-0.15, -0.1) is 0 Å². The average Bonchev–Trinajstić information content (AvgIpc) is 3.13. The van der Waals surface area contributed by atoms with E-state index in [9.17, 15) is 9.59 Å². The molecular formula is C27H23NO5. The van der Waals surface area contributed by atoms with Crippen LogP contribution in [0.5, 0.6) is 11.5 Å². The van der Waals surface area contributed by atoms with E-state index in [2.05, 4.69) is 0 Å². The third-order valence-corrected chi connectivity index (χ3v) is 5.88. The Labute approximate surface area is 191 Å². The van der Waals surface area contributed by atoms with Crippen LogP contribution in [0.4, 0.5) is 5.69 Å². The Hall–Kier alpha value is -4.06. The van der Waals surface area contributed by atoms with Crippen LogP contribution in [0.2, 0.25) is 0 Å². The topological polar surface area (TPSA) is 69.0 Å². The fourth-order valence-corrected chi connectivity index (χ4v) is 4.32. The number of carbonyl (C=O) groups is 1. The molecule has 33 heavy (non-hydrogen) atoms. The summed E-state index contributed by atoms with van der Waals surface area (Å²) >= 11 is 0. The first-order valence-corrected chi connectivity index (χ1v) is 10.8. The molecule has 0 saturated heterocycles. The molecule has 1 unspecified atom stereocenters. The van der Waals surface area contributed by atoms with Crippen LogP contribution < -0.4 is 19.8 Å². The van der Waals surface area contributed by atoms with E-state index in [-0.39, 0.29) is 17.1 Å². The molecule has 1 aliphatic heterocycles. The van der Waals surface area contributed by atoms with Crippen molar-refractivity contribution in [3.8, 4) is 11.5 Å². The molecular weight excluding hydrogens is 418 g/mol. The van der Waals surface area contributed by atoms with E-state index < -0.39 is 6.04 Å². The van der Waals surface area contributed by atoms with Crippen LogP contribution in [-0.2, 0) is 0 Å². The molecule has 6 heteroatoms. The van der Waals surface area contributed by atoms with Crippen molar-refractivity contribution in [3.05, 3.63) is 99.4 Å². The molecule has 0 aliphatic carbocycles. The number of aryl methyl sites for hydroxylation is 1. The summed E-state index contributed by atoms with van der Waals surface area (Å²) in [5.74, 6) is 1.12. The highest BCUT2D eigenvalue weighted by Gasteiger charge is 2.43. The zero-order chi connectivity index (χ0) is 23.1. The van der Waals surface area contributed by atoms with Gasteiger partial charge in [0.05, 0.1) is 30.7 Å². The number of nitrogens with zero attached hydrogens (tertiary/aromatic N) is 1. The number of hydrogen-bond acceptors (Lipinski definition) is 5. The van der Waals surface area contributed by atoms with Crippen molar-refractivity contribution < 1.29 is 18.7 Å². The lowest BCUT2D eigenvalue weighted by Crippen LogP contribution is -2.29. The summed E-state index contributed by atoms with van der Waals surface area (Å²) in [4.78, 5) is 28.9. The fraction of sp³-hybridized carbons (Fsp3) is 0.185. The first-order valence-electron chi connectivity index (χ1n) is 10.8. The van der Waals surface area contributed by atoms with Gasteiger partial charge < -0.3 is 13.9 Å². The Balaban J connectivity index is 1.73. The monoisotopic (exact) mass is 441 g/mol. The quantitative estimate of drug-likeness (QED) is 0.423. The molecule has 4 aromatic rings. The maximum atomic E-state index is 13.7. The number of rotatable bonds is 5. The molecule has 0 saturated carbocycles. The molecule has 0 radical (unpaired) electrons. The van der Waals surface area contributed by atoms with Gasteiger partial charge in [-0.2, -0.15) is 0 Å². The fourth-order valence-electron chi connectivity index (χ4n) is 4.32. The standard InChI is InChI=1S/C27H23NO5/c1-4-32-20-12-8-18(9-13-20)28-24(17-6-10-19(31-3)11-7-17)23-25(29)21-15-16(2)5-14-22(21)33-26(23)27(28)30/h5-15,24H,4H2,1-3H3. The number of ether oxygens (including phenoxy) is 2. The van der Waals surface area contributed by atoms with Crippen molar-refractivity contribution in [2.24, 2.45) is 0 Å². The van der Waals surface area contributed by atoms with Crippen molar-refractivity contribution in [1.82, 2.24) is 0 Å². The molecule has 166 valence electrons. The zero-order valence-electron chi connectivity index (χ0n) is 18.6. The molecule has 1 amide bonds. The lowest BCUT2D eigenvalue weighted by Gasteiger charge is -2.25. The van der Waals surface area contributed by atoms with Gasteiger partial charge in [-0.25, -0.2) is 0 Å². The van der Waals surface area contributed by atoms with Crippen LogP contribution >= 0.6 is 0 Å². The van der Waals surface area contributed by atoms with Gasteiger partial charge in [-0.3, -0.25) is 14.5 Å². The Morgan fingerprint density at radius 3 is 2.30 bits per heavy atom. The van der Waals surface area contributed by atoms with Gasteiger partial charge in [-0.1, -0.05) is 23.8 Å². The molecule has 5 rings (SSSR count). The number of methoxy groups -OCH3 is 1. The highest BCUT2D eigenvalue weighted by molar-refractivity contribution is 6.10. The first kappa shape index (κ1) is 20.8. The van der Waals surface area contributed by atoms with Crippen molar-refractivity contribution in [1.29, 1.82) is 0 Å². The molecule has 1 atom stereocenters. The van der Waals surface area contributed by atoms with Gasteiger partial charge in [0, 0.05) is 5.69 Å². The maximum absolute atomic E-state index is 13.7. The summed E-state index contributed by atoms with van der Waals surface area (Å²) in [5.41, 5.74) is 2.93. The molecule has 6 nitrogen and oxygen atoms in total. The predicted octanol–water partition coefficient (Wildman–Crippen LogP) is 5.26. The van der Waals surface area contributed by atoms with Gasteiger partial charge in [-0.05, 0) is 67.9 Å². The molecule has 1 aliphatic rings. The minimum Gasteiger partial charge on any atom is -0.497 e. The molecule has 3 aromatic carbocycles. The number of fused-ring (bicyclic) bond motifs is 2. The zero-order valence-corrected chi connectivity index (χ0v) is 18.6. The Morgan fingerprint density at radius 2 is 1.64 bits per heavy atom. The second kappa shape index (κ2) is 8.13. The van der Waals surface area contributed by atoms with E-state index in [1.165, 1.54) is 0 Å². The van der Waals surface area contributed by atoms with Crippen LogP contribution in [0.3, 0.4) is 0 Å². The van der Waals surface area contributed by atoms with Gasteiger partial charge in [0.2, 0.25) is 5.76 Å². The average molecular weight is 441 g/mol. The summed E-state index contributed by atoms with van der Waals surface area (Å²) in [6.45, 7) is 4.38. The van der Waals surface area contributed by atoms with E-state index in [0.717, 1.165) is 11.1 Å². The second-order valence-corrected chi connectivity index (χ2v) is 7.95. The van der Waals surface area contributed by atoms with Crippen LogP contribution in [0.25, 0.3) is 11.0 Å². The third kappa shape index (κ3) is 3.44. The highest BCUT2D eigenvalue weighted by Crippen LogP contribution is 2.41. The number of benzene rings is 3. The molecule has 0 N–H and O–H groups in total. The molecule has 1 aromatic heterocycles. The predicted molar refractivity (Wildman–Crippen MR) is 126 cm³/mol. The number of hydrogen-bond donors (Lipinski definition) is 0. The summed E-state index contributed by atoms with van der Waals surface area (Å²) in [6, 6.07) is 19.4. The second-order valence-electron chi connectivity index (χ2n) is 7.95. The highest BCUT2D eigenvalue weighted by atomic mass is 16.5. The van der Waals surface area contributed by atoms with Crippen LogP contribution in [0.1, 0.15) is 40.2 Å². The molecule has 0 spiro atoms. The van der Waals surface area contributed by atoms with Crippen LogP contribution in [0.15, 0.2) is 75.9 Å². The third-order valence-electron chi connectivity index (χ3n) is 5.88. The van der Waals surface area contributed by atoms with Crippen molar-refractivity contribution in [2.45, 2.75) is 19.9 Å². The minimum absolute atomic E-state index is 0.0751. The lowest BCUT2D eigenvalue weighted by atomic mass is 9.98. The van der Waals surface area contributed by atoms with Gasteiger partial charge in [0.25, 0.3) is 5.91 Å². The van der Waals surface area contributed by atoms with Crippen molar-refractivity contribution >= 4 is 22.6 Å². The summed E-state index contributed by atoms with van der Waals surface area (Å²) < 4.78 is 16.9. The van der Waals surface area contributed by atoms with Crippen LogP contribution in [0, 0.1) is 6.92 Å². The van der Waals surface area contributed by atoms with E-state index >= 15 is 0 Å². The molecule has 2 heterocycles. The molecule has 0 bridgehead atoms. The summed E-state index contributed by atoms with van der Waals surface area (Å²) in [5, 5.41) is 0.466. The molecule has 0 fully saturated rings. The lowest BCUT2D eigenvalue weighted by molar-refractivity contribution is 0.0971. The van der Waals surface area contributed by atoms with Crippen molar-refractivity contribution in [3.63, 3.8) is 0 Å². The van der Waals surface area contributed by atoms with Crippen LogP contribution in [-0.4, -0.2) is 19.6 Å². The number of anilines is 1. The Kier molecular flexibility index (Phi) is 5.13.